The lowest BCUT2D eigenvalue weighted by Gasteiger charge is -2.27. The molecule has 8 nitrogen and oxygen atoms in total. The van der Waals surface area contributed by atoms with Crippen LogP contribution in [0, 0.1) is 5.92 Å². The Labute approximate surface area is 188 Å². The van der Waals surface area contributed by atoms with Crippen LogP contribution in [0.15, 0.2) is 47.5 Å². The van der Waals surface area contributed by atoms with E-state index in [4.69, 9.17) is 16.3 Å². The molecule has 0 saturated carbocycles. The maximum absolute atomic E-state index is 12.7. The first-order chi connectivity index (χ1) is 14.8. The summed E-state index contributed by atoms with van der Waals surface area (Å²) in [6, 6.07) is 8.81. The molecule has 3 rings (SSSR count). The van der Waals surface area contributed by atoms with Crippen molar-refractivity contribution in [3.63, 3.8) is 0 Å². The Morgan fingerprint density at radius 2 is 1.97 bits per heavy atom. The number of carbonyl (C=O) groups is 1. The van der Waals surface area contributed by atoms with Gasteiger partial charge in [-0.25, -0.2) is 13.4 Å². The number of ether oxygens (including phenoxy) is 1. The van der Waals surface area contributed by atoms with E-state index in [1.807, 2.05) is 12.1 Å². The molecule has 0 aliphatic carbocycles. The van der Waals surface area contributed by atoms with E-state index in [9.17, 15) is 13.2 Å². The van der Waals surface area contributed by atoms with E-state index in [0.717, 1.165) is 24.5 Å². The van der Waals surface area contributed by atoms with Crippen molar-refractivity contribution in [3.05, 3.63) is 53.2 Å². The van der Waals surface area contributed by atoms with Gasteiger partial charge in [-0.15, -0.1) is 0 Å². The van der Waals surface area contributed by atoms with Crippen molar-refractivity contribution in [1.82, 2.24) is 15.0 Å². The molecule has 1 saturated heterocycles. The Morgan fingerprint density at radius 1 is 1.23 bits per heavy atom. The molecule has 2 heterocycles. The van der Waals surface area contributed by atoms with Gasteiger partial charge in [0.15, 0.2) is 0 Å². The number of pyridine rings is 1. The predicted octanol–water partition coefficient (Wildman–Crippen LogP) is 2.19. The van der Waals surface area contributed by atoms with Crippen LogP contribution in [0.5, 0.6) is 0 Å². The summed E-state index contributed by atoms with van der Waals surface area (Å²) in [4.78, 5) is 19.4. The van der Waals surface area contributed by atoms with E-state index in [-0.39, 0.29) is 17.4 Å². The fourth-order valence-electron chi connectivity index (χ4n) is 3.16. The topological polar surface area (TPSA) is 101 Å². The monoisotopic (exact) mass is 466 g/mol. The first-order valence-corrected chi connectivity index (χ1v) is 12.0. The molecule has 0 spiro atoms. The summed E-state index contributed by atoms with van der Waals surface area (Å²) < 4.78 is 33.2. The summed E-state index contributed by atoms with van der Waals surface area (Å²) >= 11 is 5.90. The Balaban J connectivity index is 1.61. The number of amides is 1. The summed E-state index contributed by atoms with van der Waals surface area (Å²) in [6.45, 7) is 6.77. The third kappa shape index (κ3) is 6.39. The van der Waals surface area contributed by atoms with E-state index in [1.54, 1.807) is 32.2 Å². The second kappa shape index (κ2) is 10.4. The van der Waals surface area contributed by atoms with Gasteiger partial charge in [-0.3, -0.25) is 4.79 Å². The van der Waals surface area contributed by atoms with Gasteiger partial charge in [0.05, 0.1) is 18.1 Å². The third-order valence-electron chi connectivity index (χ3n) is 4.95. The lowest BCUT2D eigenvalue weighted by molar-refractivity contribution is -0.123. The Bertz CT molecular complexity index is 993. The number of sulfonamides is 1. The summed E-state index contributed by atoms with van der Waals surface area (Å²) in [5.74, 6) is 0.210. The molecule has 2 aromatic rings. The molecule has 0 radical (unpaired) electrons. The molecule has 0 bridgehead atoms. The molecule has 10 heteroatoms. The molecule has 1 amide bonds. The molecule has 2 N–H and O–H groups in total. The number of anilines is 1. The van der Waals surface area contributed by atoms with E-state index in [0.29, 0.717) is 18.2 Å². The number of morpholine rings is 1. The fraction of sp³-hybridized carbons (Fsp3) is 0.429. The van der Waals surface area contributed by atoms with Crippen molar-refractivity contribution in [1.29, 1.82) is 0 Å². The quantitative estimate of drug-likeness (QED) is 0.618. The van der Waals surface area contributed by atoms with Crippen molar-refractivity contribution >= 4 is 33.3 Å². The molecular weight excluding hydrogens is 440 g/mol. The van der Waals surface area contributed by atoms with Gasteiger partial charge >= 0.3 is 0 Å². The SMILES string of the molecule is CC(C)[C@@H](NS(=O)(=O)c1cccc(Cl)c1)C(=O)NCc1ccc(N2CCOCC2)nc1. The minimum absolute atomic E-state index is 0.0151. The minimum atomic E-state index is -3.90. The van der Waals surface area contributed by atoms with Gasteiger partial charge in [-0.2, -0.15) is 4.72 Å². The number of rotatable bonds is 8. The minimum Gasteiger partial charge on any atom is -0.378 e. The highest BCUT2D eigenvalue weighted by Gasteiger charge is 2.28. The normalized spacial score (nSPS) is 15.7. The van der Waals surface area contributed by atoms with Crippen molar-refractivity contribution in [2.75, 3.05) is 31.2 Å². The van der Waals surface area contributed by atoms with E-state index in [1.165, 1.54) is 12.1 Å². The smallest absolute Gasteiger partial charge is 0.241 e. The van der Waals surface area contributed by atoms with Crippen molar-refractivity contribution in [2.24, 2.45) is 5.92 Å². The summed E-state index contributed by atoms with van der Waals surface area (Å²) in [7, 11) is -3.90. The average molecular weight is 467 g/mol. The molecule has 1 atom stereocenters. The number of benzene rings is 1. The van der Waals surface area contributed by atoms with Crippen LogP contribution < -0.4 is 14.9 Å². The van der Waals surface area contributed by atoms with Gasteiger partial charge in [0, 0.05) is 30.9 Å². The van der Waals surface area contributed by atoms with Crippen molar-refractivity contribution in [3.8, 4) is 0 Å². The lowest BCUT2D eigenvalue weighted by atomic mass is 10.0. The van der Waals surface area contributed by atoms with Crippen LogP contribution in [0.3, 0.4) is 0 Å². The van der Waals surface area contributed by atoms with Crippen molar-refractivity contribution in [2.45, 2.75) is 31.3 Å². The van der Waals surface area contributed by atoms with Crippen LogP contribution >= 0.6 is 11.6 Å². The fourth-order valence-corrected chi connectivity index (χ4v) is 4.81. The van der Waals surface area contributed by atoms with Crippen LogP contribution in [-0.4, -0.2) is 51.7 Å². The number of aromatic nitrogens is 1. The molecular formula is C21H27ClN4O4S. The molecule has 168 valence electrons. The molecule has 0 unspecified atom stereocenters. The highest BCUT2D eigenvalue weighted by Crippen LogP contribution is 2.17. The average Bonchev–Trinajstić information content (AvgIpc) is 2.76. The largest absolute Gasteiger partial charge is 0.378 e. The van der Waals surface area contributed by atoms with Gasteiger partial charge in [-0.1, -0.05) is 37.6 Å². The maximum atomic E-state index is 12.7. The first kappa shape index (κ1) is 23.5. The third-order valence-corrected chi connectivity index (χ3v) is 6.62. The number of hydrogen-bond donors (Lipinski definition) is 2. The highest BCUT2D eigenvalue weighted by molar-refractivity contribution is 7.89. The van der Waals surface area contributed by atoms with Crippen LogP contribution in [0.25, 0.3) is 0 Å². The molecule has 1 aliphatic heterocycles. The maximum Gasteiger partial charge on any atom is 0.241 e. The highest BCUT2D eigenvalue weighted by atomic mass is 35.5. The predicted molar refractivity (Wildman–Crippen MR) is 120 cm³/mol. The lowest BCUT2D eigenvalue weighted by Crippen LogP contribution is -2.49. The van der Waals surface area contributed by atoms with Crippen LogP contribution in [-0.2, 0) is 26.1 Å². The molecule has 1 fully saturated rings. The van der Waals surface area contributed by atoms with E-state index < -0.39 is 22.0 Å². The summed E-state index contributed by atoms with van der Waals surface area (Å²) in [6.07, 6.45) is 1.71. The number of nitrogens with one attached hydrogen (secondary N) is 2. The zero-order valence-electron chi connectivity index (χ0n) is 17.5. The molecule has 1 aliphatic rings. The van der Waals surface area contributed by atoms with E-state index >= 15 is 0 Å². The zero-order valence-corrected chi connectivity index (χ0v) is 19.1. The number of hydrogen-bond acceptors (Lipinski definition) is 6. The first-order valence-electron chi connectivity index (χ1n) is 10.1. The van der Waals surface area contributed by atoms with Crippen LogP contribution in [0.2, 0.25) is 5.02 Å². The Morgan fingerprint density at radius 3 is 2.58 bits per heavy atom. The summed E-state index contributed by atoms with van der Waals surface area (Å²) in [5.41, 5.74) is 0.825. The zero-order chi connectivity index (χ0) is 22.4. The van der Waals surface area contributed by atoms with Gasteiger partial charge in [0.1, 0.15) is 11.9 Å². The van der Waals surface area contributed by atoms with Gasteiger partial charge in [0.25, 0.3) is 0 Å². The summed E-state index contributed by atoms with van der Waals surface area (Å²) in [5, 5.41) is 3.11. The molecule has 31 heavy (non-hydrogen) atoms. The molecule has 1 aromatic carbocycles. The van der Waals surface area contributed by atoms with Gasteiger partial charge < -0.3 is 15.0 Å². The van der Waals surface area contributed by atoms with Gasteiger partial charge in [0.2, 0.25) is 15.9 Å². The number of carbonyl (C=O) groups excluding carboxylic acids is 1. The van der Waals surface area contributed by atoms with Gasteiger partial charge in [-0.05, 0) is 35.7 Å². The number of halogens is 1. The Hall–Kier alpha value is -2.20. The Kier molecular flexibility index (Phi) is 7.88. The second-order valence-corrected chi connectivity index (χ2v) is 9.79. The van der Waals surface area contributed by atoms with Crippen LogP contribution in [0.1, 0.15) is 19.4 Å². The molecule has 1 aromatic heterocycles. The van der Waals surface area contributed by atoms with E-state index in [2.05, 4.69) is 19.9 Å². The van der Waals surface area contributed by atoms with Crippen molar-refractivity contribution < 1.29 is 17.9 Å². The van der Waals surface area contributed by atoms with Crippen LogP contribution in [0.4, 0.5) is 5.82 Å². The number of nitrogens with zero attached hydrogens (tertiary/aromatic N) is 2. The second-order valence-electron chi connectivity index (χ2n) is 7.64. The standard InChI is InChI=1S/C21H27ClN4O4S/c1-15(2)20(25-31(28,29)18-5-3-4-17(22)12-18)21(27)24-14-16-6-7-19(23-13-16)26-8-10-30-11-9-26/h3-7,12-13,15,20,25H,8-11,14H2,1-2H3,(H,24,27)/t20-/m1/s1.